The minimum absolute atomic E-state index is 0.280. The van der Waals surface area contributed by atoms with Crippen LogP contribution in [0.15, 0.2) is 29.2 Å². The third-order valence-electron chi connectivity index (χ3n) is 4.22. The van der Waals surface area contributed by atoms with Gasteiger partial charge in [0.25, 0.3) is 0 Å². The molecule has 1 aliphatic heterocycles. The number of hydrogen-bond donors (Lipinski definition) is 0. The number of sulfonamides is 1. The fourth-order valence-electron chi connectivity index (χ4n) is 2.71. The first kappa shape index (κ1) is 18.2. The van der Waals surface area contributed by atoms with Gasteiger partial charge in [0.15, 0.2) is 0 Å². The van der Waals surface area contributed by atoms with E-state index in [1.807, 2.05) is 0 Å². The maximum Gasteiger partial charge on any atom is 0.242 e. The Morgan fingerprint density at radius 2 is 1.87 bits per heavy atom. The van der Waals surface area contributed by atoms with Gasteiger partial charge in [-0.3, -0.25) is 4.90 Å². The van der Waals surface area contributed by atoms with Gasteiger partial charge in [-0.15, -0.1) is 0 Å². The summed E-state index contributed by atoms with van der Waals surface area (Å²) < 4.78 is 31.0. The summed E-state index contributed by atoms with van der Waals surface area (Å²) in [6.07, 6.45) is 0. The molecule has 0 spiro atoms. The first-order valence-electron chi connectivity index (χ1n) is 7.88. The zero-order chi connectivity index (χ0) is 17.0. The van der Waals surface area contributed by atoms with E-state index in [9.17, 15) is 8.42 Å². The Morgan fingerprint density at radius 1 is 1.22 bits per heavy atom. The van der Waals surface area contributed by atoms with E-state index in [0.717, 1.165) is 26.2 Å². The monoisotopic (exact) mass is 341 g/mol. The largest absolute Gasteiger partial charge is 0.492 e. The van der Waals surface area contributed by atoms with Crippen LogP contribution in [0, 0.1) is 0 Å². The highest BCUT2D eigenvalue weighted by atomic mass is 32.2. The maximum atomic E-state index is 12.0. The summed E-state index contributed by atoms with van der Waals surface area (Å²) in [6, 6.07) is 7.13. The maximum absolute atomic E-state index is 12.0. The molecule has 130 valence electrons. The van der Waals surface area contributed by atoms with Gasteiger partial charge in [0.05, 0.1) is 4.90 Å². The molecule has 1 atom stereocenters. The van der Waals surface area contributed by atoms with Crippen molar-refractivity contribution in [2.24, 2.45) is 0 Å². The lowest BCUT2D eigenvalue weighted by Gasteiger charge is -2.38. The molecular formula is C16H27N3O3S. The van der Waals surface area contributed by atoms with Crippen LogP contribution in [0.4, 0.5) is 0 Å². The van der Waals surface area contributed by atoms with Crippen LogP contribution in [0.25, 0.3) is 0 Å². The van der Waals surface area contributed by atoms with Crippen molar-refractivity contribution in [3.05, 3.63) is 24.3 Å². The lowest BCUT2D eigenvalue weighted by Crippen LogP contribution is -2.51. The summed E-state index contributed by atoms with van der Waals surface area (Å²) in [7, 11) is 1.82. The lowest BCUT2D eigenvalue weighted by atomic mass is 10.2. The van der Waals surface area contributed by atoms with Crippen molar-refractivity contribution in [1.29, 1.82) is 0 Å². The SMILES string of the molecule is C[C@@H]1CN(C)CCN1CCOc1ccc(S(=O)(=O)N(C)C)cc1. The van der Waals surface area contributed by atoms with Crippen molar-refractivity contribution < 1.29 is 13.2 Å². The first-order chi connectivity index (χ1) is 10.8. The fraction of sp³-hybridized carbons (Fsp3) is 0.625. The smallest absolute Gasteiger partial charge is 0.242 e. The number of hydrogen-bond acceptors (Lipinski definition) is 5. The van der Waals surface area contributed by atoms with Gasteiger partial charge in [-0.05, 0) is 38.2 Å². The van der Waals surface area contributed by atoms with E-state index in [0.29, 0.717) is 18.4 Å². The molecule has 0 bridgehead atoms. The Kier molecular flexibility index (Phi) is 6.02. The second-order valence-electron chi connectivity index (χ2n) is 6.25. The third-order valence-corrected chi connectivity index (χ3v) is 6.05. The third kappa shape index (κ3) is 4.67. The van der Waals surface area contributed by atoms with E-state index in [2.05, 4.69) is 23.8 Å². The van der Waals surface area contributed by atoms with Gasteiger partial charge in [-0.2, -0.15) is 0 Å². The average molecular weight is 341 g/mol. The second-order valence-corrected chi connectivity index (χ2v) is 8.41. The predicted octanol–water partition coefficient (Wildman–Crippen LogP) is 0.952. The molecule has 1 aliphatic rings. The molecule has 1 aromatic carbocycles. The number of piperazine rings is 1. The molecular weight excluding hydrogens is 314 g/mol. The van der Waals surface area contributed by atoms with Crippen LogP contribution in [0.5, 0.6) is 5.75 Å². The minimum Gasteiger partial charge on any atom is -0.492 e. The molecule has 2 rings (SSSR count). The molecule has 0 aromatic heterocycles. The van der Waals surface area contributed by atoms with Crippen molar-refractivity contribution in [3.8, 4) is 5.75 Å². The molecule has 0 unspecified atom stereocenters. The Labute approximate surface area is 139 Å². The van der Waals surface area contributed by atoms with Crippen molar-refractivity contribution in [3.63, 3.8) is 0 Å². The average Bonchev–Trinajstić information content (AvgIpc) is 2.50. The molecule has 7 heteroatoms. The van der Waals surface area contributed by atoms with Crippen LogP contribution in [0.2, 0.25) is 0 Å². The summed E-state index contributed by atoms with van der Waals surface area (Å²) in [5.41, 5.74) is 0. The number of rotatable bonds is 6. The van der Waals surface area contributed by atoms with Crippen LogP contribution in [-0.4, -0.2) is 82.5 Å². The molecule has 0 amide bonds. The Balaban J connectivity index is 1.85. The van der Waals surface area contributed by atoms with Crippen LogP contribution in [-0.2, 0) is 10.0 Å². The highest BCUT2D eigenvalue weighted by Crippen LogP contribution is 2.18. The highest BCUT2D eigenvalue weighted by Gasteiger charge is 2.21. The summed E-state index contributed by atoms with van der Waals surface area (Å²) >= 11 is 0. The van der Waals surface area contributed by atoms with E-state index >= 15 is 0 Å². The van der Waals surface area contributed by atoms with Crippen molar-refractivity contribution in [1.82, 2.24) is 14.1 Å². The molecule has 0 saturated carbocycles. The van der Waals surface area contributed by atoms with Crippen LogP contribution >= 0.6 is 0 Å². The first-order valence-corrected chi connectivity index (χ1v) is 9.32. The highest BCUT2D eigenvalue weighted by molar-refractivity contribution is 7.89. The normalized spacial score (nSPS) is 20.8. The minimum atomic E-state index is -3.38. The topological polar surface area (TPSA) is 53.1 Å². The quantitative estimate of drug-likeness (QED) is 0.771. The lowest BCUT2D eigenvalue weighted by molar-refractivity contribution is 0.0858. The summed E-state index contributed by atoms with van der Waals surface area (Å²) in [6.45, 7) is 6.94. The molecule has 23 heavy (non-hydrogen) atoms. The Morgan fingerprint density at radius 3 is 2.43 bits per heavy atom. The van der Waals surface area contributed by atoms with E-state index in [4.69, 9.17) is 4.74 Å². The van der Waals surface area contributed by atoms with Gasteiger partial charge in [0, 0.05) is 46.3 Å². The van der Waals surface area contributed by atoms with Crippen LogP contribution in [0.1, 0.15) is 6.92 Å². The molecule has 1 aromatic rings. The number of benzene rings is 1. The van der Waals surface area contributed by atoms with Gasteiger partial charge < -0.3 is 9.64 Å². The molecule has 1 saturated heterocycles. The van der Waals surface area contributed by atoms with Gasteiger partial charge in [-0.25, -0.2) is 12.7 Å². The molecule has 0 radical (unpaired) electrons. The fourth-order valence-corrected chi connectivity index (χ4v) is 3.61. The van der Waals surface area contributed by atoms with Gasteiger partial charge in [0.2, 0.25) is 10.0 Å². The van der Waals surface area contributed by atoms with Crippen molar-refractivity contribution in [2.45, 2.75) is 17.9 Å². The van der Waals surface area contributed by atoms with E-state index < -0.39 is 10.0 Å². The van der Waals surface area contributed by atoms with Gasteiger partial charge in [0.1, 0.15) is 12.4 Å². The van der Waals surface area contributed by atoms with Crippen molar-refractivity contribution >= 4 is 10.0 Å². The molecule has 1 fully saturated rings. The second kappa shape index (κ2) is 7.61. The summed E-state index contributed by atoms with van der Waals surface area (Å²) in [5.74, 6) is 0.699. The molecule has 0 aliphatic carbocycles. The number of likely N-dealkylation sites (N-methyl/N-ethyl adjacent to an activating group) is 1. The van der Waals surface area contributed by atoms with Crippen LogP contribution < -0.4 is 4.74 Å². The molecule has 1 heterocycles. The van der Waals surface area contributed by atoms with Gasteiger partial charge in [-0.1, -0.05) is 0 Å². The predicted molar refractivity (Wildman–Crippen MR) is 91.3 cm³/mol. The van der Waals surface area contributed by atoms with Gasteiger partial charge >= 0.3 is 0 Å². The zero-order valence-electron chi connectivity index (χ0n) is 14.4. The molecule has 0 N–H and O–H groups in total. The zero-order valence-corrected chi connectivity index (χ0v) is 15.2. The van der Waals surface area contributed by atoms with E-state index in [1.54, 1.807) is 24.3 Å². The summed E-state index contributed by atoms with van der Waals surface area (Å²) in [5, 5.41) is 0. The number of nitrogens with zero attached hydrogens (tertiary/aromatic N) is 3. The van der Waals surface area contributed by atoms with E-state index in [1.165, 1.54) is 18.4 Å². The number of ether oxygens (including phenoxy) is 1. The van der Waals surface area contributed by atoms with Crippen LogP contribution in [0.3, 0.4) is 0 Å². The van der Waals surface area contributed by atoms with Crippen molar-refractivity contribution in [2.75, 3.05) is 53.9 Å². The summed E-state index contributed by atoms with van der Waals surface area (Å²) in [4.78, 5) is 5.04. The Bertz CT molecular complexity index is 602. The standard InChI is InChI=1S/C16H27N3O3S/c1-14-13-18(4)9-10-19(14)11-12-22-15-5-7-16(8-6-15)23(20,21)17(2)3/h5-8,14H,9-13H2,1-4H3/t14-/m1/s1. The molecule has 6 nitrogen and oxygen atoms in total. The Hall–Kier alpha value is -1.15. The van der Waals surface area contributed by atoms with E-state index in [-0.39, 0.29) is 4.90 Å².